The lowest BCUT2D eigenvalue weighted by Crippen LogP contribution is -2.27. The zero-order valence-corrected chi connectivity index (χ0v) is 30.3. The van der Waals surface area contributed by atoms with Crippen LogP contribution in [0.5, 0.6) is 0 Å². The zero-order chi connectivity index (χ0) is 33.4. The summed E-state index contributed by atoms with van der Waals surface area (Å²) in [7, 11) is 0. The Kier molecular flexibility index (Phi) is 37.6. The van der Waals surface area contributed by atoms with Crippen molar-refractivity contribution < 1.29 is 19.4 Å². The molecule has 0 aromatic rings. The standard InChI is InChI=1S/C42H74O4/c1-3-5-7-9-11-13-15-17-19-21-23-25-27-29-31-33-35-37-42(44)46-41(39-43)40-45-38-36-34-32-30-28-26-24-22-20-18-16-14-12-10-8-6-4-2/h5,7,11,13-14,16-17,19-20,22,41,43H,3-4,6,8-10,12,15,18,21,23-40H2,1-2H3/b7-5-,13-11-,16-14-,19-17-,22-20-. The van der Waals surface area contributed by atoms with Crippen molar-refractivity contribution >= 4 is 5.97 Å². The number of carbonyl (C=O) groups is 1. The molecule has 0 saturated heterocycles. The van der Waals surface area contributed by atoms with Crippen LogP contribution in [0.1, 0.15) is 174 Å². The number of aliphatic hydroxyl groups is 1. The van der Waals surface area contributed by atoms with E-state index in [1.165, 1.54) is 103 Å². The second kappa shape index (κ2) is 39.3. The molecule has 0 aromatic carbocycles. The minimum Gasteiger partial charge on any atom is -0.457 e. The predicted octanol–water partition coefficient (Wildman–Crippen LogP) is 12.5. The van der Waals surface area contributed by atoms with Crippen LogP contribution in [0, 0.1) is 0 Å². The fraction of sp³-hybridized carbons (Fsp3) is 0.738. The molecule has 0 aliphatic heterocycles. The first-order chi connectivity index (χ1) is 22.7. The molecule has 0 bridgehead atoms. The third-order valence-electron chi connectivity index (χ3n) is 8.08. The summed E-state index contributed by atoms with van der Waals surface area (Å²) in [6.45, 7) is 5.18. The van der Waals surface area contributed by atoms with E-state index >= 15 is 0 Å². The number of carbonyl (C=O) groups excluding carboxylic acids is 1. The van der Waals surface area contributed by atoms with E-state index in [2.05, 4.69) is 74.6 Å². The van der Waals surface area contributed by atoms with Gasteiger partial charge in [-0.1, -0.05) is 152 Å². The van der Waals surface area contributed by atoms with Crippen LogP contribution in [-0.2, 0) is 14.3 Å². The maximum absolute atomic E-state index is 12.2. The largest absolute Gasteiger partial charge is 0.457 e. The SMILES string of the molecule is CC/C=C\C/C=C\C/C=C\CCCCCCCCCC(=O)OC(CO)COCCCCCCCC/C=C\C/C=C\CCCCCC. The summed E-state index contributed by atoms with van der Waals surface area (Å²) >= 11 is 0. The Bertz CT molecular complexity index is 764. The Hall–Kier alpha value is -1.91. The van der Waals surface area contributed by atoms with Gasteiger partial charge in [-0.3, -0.25) is 4.79 Å². The normalized spacial score (nSPS) is 13.0. The summed E-state index contributed by atoms with van der Waals surface area (Å²) in [5.41, 5.74) is 0. The van der Waals surface area contributed by atoms with Crippen LogP contribution in [0.25, 0.3) is 0 Å². The van der Waals surface area contributed by atoms with Gasteiger partial charge in [0.15, 0.2) is 0 Å². The highest BCUT2D eigenvalue weighted by molar-refractivity contribution is 5.69. The van der Waals surface area contributed by atoms with Crippen LogP contribution >= 0.6 is 0 Å². The number of ether oxygens (including phenoxy) is 2. The minimum atomic E-state index is -0.546. The van der Waals surface area contributed by atoms with Gasteiger partial charge in [0, 0.05) is 13.0 Å². The summed E-state index contributed by atoms with van der Waals surface area (Å²) < 4.78 is 11.1. The molecule has 1 atom stereocenters. The summed E-state index contributed by atoms with van der Waals surface area (Å²) in [4.78, 5) is 12.2. The second-order valence-corrected chi connectivity index (χ2v) is 12.6. The van der Waals surface area contributed by atoms with Crippen molar-refractivity contribution in [2.24, 2.45) is 0 Å². The van der Waals surface area contributed by atoms with E-state index in [9.17, 15) is 9.90 Å². The van der Waals surface area contributed by atoms with Crippen LogP contribution in [0.3, 0.4) is 0 Å². The van der Waals surface area contributed by atoms with Gasteiger partial charge in [0.1, 0.15) is 6.10 Å². The molecule has 0 heterocycles. The lowest BCUT2D eigenvalue weighted by molar-refractivity contribution is -0.154. The number of hydrogen-bond acceptors (Lipinski definition) is 4. The highest BCUT2D eigenvalue weighted by Gasteiger charge is 2.13. The summed E-state index contributed by atoms with van der Waals surface area (Å²) in [5, 5.41) is 9.57. The third kappa shape index (κ3) is 36.6. The molecule has 0 saturated carbocycles. The van der Waals surface area contributed by atoms with Gasteiger partial charge in [-0.2, -0.15) is 0 Å². The van der Waals surface area contributed by atoms with Crippen molar-refractivity contribution in [1.29, 1.82) is 0 Å². The summed E-state index contributed by atoms with van der Waals surface area (Å²) in [6.07, 6.45) is 51.2. The Labute approximate surface area is 285 Å². The molecule has 46 heavy (non-hydrogen) atoms. The monoisotopic (exact) mass is 643 g/mol. The molecule has 266 valence electrons. The quantitative estimate of drug-likeness (QED) is 0.0424. The number of esters is 1. The molecule has 1 N–H and O–H groups in total. The van der Waals surface area contributed by atoms with E-state index in [-0.39, 0.29) is 19.2 Å². The van der Waals surface area contributed by atoms with E-state index in [1.807, 2.05) is 0 Å². The highest BCUT2D eigenvalue weighted by Crippen LogP contribution is 2.12. The maximum atomic E-state index is 12.2. The zero-order valence-electron chi connectivity index (χ0n) is 30.3. The molecule has 0 radical (unpaired) electrons. The Morgan fingerprint density at radius 2 is 0.978 bits per heavy atom. The molecule has 4 heteroatoms. The van der Waals surface area contributed by atoms with Gasteiger partial charge < -0.3 is 14.6 Å². The maximum Gasteiger partial charge on any atom is 0.306 e. The van der Waals surface area contributed by atoms with Gasteiger partial charge in [-0.05, 0) is 77.0 Å². The molecule has 0 fully saturated rings. The number of unbranched alkanes of at least 4 members (excludes halogenated alkanes) is 17. The van der Waals surface area contributed by atoms with Crippen molar-refractivity contribution in [2.45, 2.75) is 180 Å². The molecule has 0 amide bonds. The van der Waals surface area contributed by atoms with Crippen molar-refractivity contribution in [2.75, 3.05) is 19.8 Å². The predicted molar refractivity (Wildman–Crippen MR) is 200 cm³/mol. The minimum absolute atomic E-state index is 0.182. The highest BCUT2D eigenvalue weighted by atomic mass is 16.6. The number of hydrogen-bond donors (Lipinski definition) is 1. The lowest BCUT2D eigenvalue weighted by Gasteiger charge is -2.15. The first-order valence-electron chi connectivity index (χ1n) is 19.4. The van der Waals surface area contributed by atoms with Gasteiger partial charge in [0.05, 0.1) is 13.2 Å². The van der Waals surface area contributed by atoms with Crippen LogP contribution in [0.4, 0.5) is 0 Å². The lowest BCUT2D eigenvalue weighted by atomic mass is 10.1. The molecule has 0 aliphatic carbocycles. The fourth-order valence-corrected chi connectivity index (χ4v) is 5.19. The molecule has 0 aliphatic rings. The summed E-state index contributed by atoms with van der Waals surface area (Å²) in [5.74, 6) is -0.217. The van der Waals surface area contributed by atoms with Crippen LogP contribution in [0.2, 0.25) is 0 Å². The second-order valence-electron chi connectivity index (χ2n) is 12.6. The average Bonchev–Trinajstić information content (AvgIpc) is 3.06. The third-order valence-corrected chi connectivity index (χ3v) is 8.08. The molecular formula is C42H74O4. The van der Waals surface area contributed by atoms with Gasteiger partial charge in [0.2, 0.25) is 0 Å². The Morgan fingerprint density at radius 3 is 1.48 bits per heavy atom. The first kappa shape index (κ1) is 44.1. The molecular weight excluding hydrogens is 568 g/mol. The number of rotatable bonds is 35. The van der Waals surface area contributed by atoms with Crippen molar-refractivity contribution in [1.82, 2.24) is 0 Å². The van der Waals surface area contributed by atoms with E-state index in [4.69, 9.17) is 9.47 Å². The van der Waals surface area contributed by atoms with Crippen LogP contribution in [-0.4, -0.2) is 37.0 Å². The average molecular weight is 643 g/mol. The van der Waals surface area contributed by atoms with Crippen LogP contribution in [0.15, 0.2) is 60.8 Å². The molecule has 0 rings (SSSR count). The molecule has 4 nitrogen and oxygen atoms in total. The van der Waals surface area contributed by atoms with Gasteiger partial charge >= 0.3 is 5.97 Å². The van der Waals surface area contributed by atoms with E-state index in [1.54, 1.807) is 0 Å². The van der Waals surface area contributed by atoms with Crippen molar-refractivity contribution in [3.63, 3.8) is 0 Å². The fourth-order valence-electron chi connectivity index (χ4n) is 5.19. The van der Waals surface area contributed by atoms with Crippen molar-refractivity contribution in [3.05, 3.63) is 60.8 Å². The van der Waals surface area contributed by atoms with Crippen LogP contribution < -0.4 is 0 Å². The Morgan fingerprint density at radius 1 is 0.543 bits per heavy atom. The molecule has 0 aromatic heterocycles. The van der Waals surface area contributed by atoms with Gasteiger partial charge in [0.25, 0.3) is 0 Å². The summed E-state index contributed by atoms with van der Waals surface area (Å²) in [6, 6.07) is 0. The molecule has 0 spiro atoms. The van der Waals surface area contributed by atoms with E-state index < -0.39 is 6.10 Å². The van der Waals surface area contributed by atoms with E-state index in [0.717, 1.165) is 51.4 Å². The van der Waals surface area contributed by atoms with Gasteiger partial charge in [-0.25, -0.2) is 0 Å². The van der Waals surface area contributed by atoms with Gasteiger partial charge in [-0.15, -0.1) is 0 Å². The first-order valence-corrected chi connectivity index (χ1v) is 19.4. The smallest absolute Gasteiger partial charge is 0.306 e. The van der Waals surface area contributed by atoms with E-state index in [0.29, 0.717) is 13.0 Å². The van der Waals surface area contributed by atoms with Crippen molar-refractivity contribution in [3.8, 4) is 0 Å². The molecule has 1 unspecified atom stereocenters. The topological polar surface area (TPSA) is 55.8 Å². The Balaban J connectivity index is 3.50. The number of aliphatic hydroxyl groups excluding tert-OH is 1. The number of allylic oxidation sites excluding steroid dienone is 10.